The number of carboxylic acids is 1. The molecule has 0 spiro atoms. The summed E-state index contributed by atoms with van der Waals surface area (Å²) in [5.41, 5.74) is 1.30. The fourth-order valence-electron chi connectivity index (χ4n) is 1.58. The zero-order valence-electron chi connectivity index (χ0n) is 10.5. The van der Waals surface area contributed by atoms with E-state index in [-0.39, 0.29) is 5.88 Å². The van der Waals surface area contributed by atoms with Crippen LogP contribution in [0.1, 0.15) is 21.5 Å². The number of pyridine rings is 1. The van der Waals surface area contributed by atoms with Gasteiger partial charge in [-0.3, -0.25) is 0 Å². The van der Waals surface area contributed by atoms with Crippen molar-refractivity contribution < 1.29 is 19.0 Å². The van der Waals surface area contributed by atoms with E-state index in [2.05, 4.69) is 4.98 Å². The van der Waals surface area contributed by atoms with Gasteiger partial charge in [0.2, 0.25) is 0 Å². The molecule has 1 aromatic carbocycles. The third kappa shape index (κ3) is 2.70. The lowest BCUT2D eigenvalue weighted by molar-refractivity contribution is 0.0690. The summed E-state index contributed by atoms with van der Waals surface area (Å²) in [7, 11) is 0. The maximum atomic E-state index is 13.9. The number of nitrogens with zero attached hydrogens (tertiary/aromatic N) is 1. The third-order valence-electron chi connectivity index (χ3n) is 2.64. The van der Waals surface area contributed by atoms with E-state index in [0.717, 1.165) is 17.2 Å². The van der Waals surface area contributed by atoms with Crippen molar-refractivity contribution in [1.82, 2.24) is 4.98 Å². The van der Waals surface area contributed by atoms with Crippen LogP contribution in [0.4, 0.5) is 4.39 Å². The zero-order valence-corrected chi connectivity index (χ0v) is 10.5. The van der Waals surface area contributed by atoms with E-state index in [4.69, 9.17) is 9.84 Å². The van der Waals surface area contributed by atoms with Gasteiger partial charge in [0, 0.05) is 6.20 Å². The van der Waals surface area contributed by atoms with Crippen LogP contribution in [0.15, 0.2) is 30.5 Å². The molecule has 5 heteroatoms. The predicted molar refractivity (Wildman–Crippen MR) is 67.1 cm³/mol. The van der Waals surface area contributed by atoms with Crippen molar-refractivity contribution in [3.63, 3.8) is 0 Å². The van der Waals surface area contributed by atoms with E-state index in [1.807, 2.05) is 26.0 Å². The molecule has 19 heavy (non-hydrogen) atoms. The molecule has 0 fully saturated rings. The molecule has 1 aromatic heterocycles. The highest BCUT2D eigenvalue weighted by molar-refractivity contribution is 5.88. The Morgan fingerprint density at radius 2 is 2.05 bits per heavy atom. The van der Waals surface area contributed by atoms with Gasteiger partial charge in [-0.05, 0) is 37.1 Å². The van der Waals surface area contributed by atoms with Gasteiger partial charge < -0.3 is 9.84 Å². The van der Waals surface area contributed by atoms with Crippen LogP contribution in [0, 0.1) is 19.7 Å². The van der Waals surface area contributed by atoms with Gasteiger partial charge in [-0.15, -0.1) is 0 Å². The van der Waals surface area contributed by atoms with Crippen molar-refractivity contribution in [1.29, 1.82) is 0 Å². The first kappa shape index (κ1) is 13.0. The number of hydrogen-bond donors (Lipinski definition) is 1. The van der Waals surface area contributed by atoms with Crippen molar-refractivity contribution in [3.8, 4) is 11.6 Å². The minimum atomic E-state index is -1.36. The molecule has 0 aliphatic carbocycles. The lowest BCUT2D eigenvalue weighted by Crippen LogP contribution is -2.03. The summed E-state index contributed by atoms with van der Waals surface area (Å²) < 4.78 is 19.2. The first-order valence-corrected chi connectivity index (χ1v) is 5.62. The van der Waals surface area contributed by atoms with E-state index in [1.165, 1.54) is 6.20 Å². The number of rotatable bonds is 3. The van der Waals surface area contributed by atoms with Gasteiger partial charge in [-0.1, -0.05) is 12.1 Å². The molecular formula is C14H12FNO3. The van der Waals surface area contributed by atoms with E-state index < -0.39 is 17.3 Å². The molecule has 2 rings (SSSR count). The number of benzene rings is 1. The van der Waals surface area contributed by atoms with Gasteiger partial charge in [-0.2, -0.15) is 0 Å². The van der Waals surface area contributed by atoms with E-state index in [1.54, 1.807) is 6.07 Å². The molecule has 98 valence electrons. The smallest absolute Gasteiger partial charge is 0.338 e. The SMILES string of the molecule is Cc1ccc(C)c(Oc2nccc(C(=O)O)c2F)c1. The Kier molecular flexibility index (Phi) is 3.46. The molecule has 4 nitrogen and oxygen atoms in total. The molecule has 0 saturated heterocycles. The van der Waals surface area contributed by atoms with E-state index in [9.17, 15) is 9.18 Å². The first-order chi connectivity index (χ1) is 8.99. The number of ether oxygens (including phenoxy) is 1. The Bertz CT molecular complexity index is 641. The van der Waals surface area contributed by atoms with E-state index in [0.29, 0.717) is 5.75 Å². The first-order valence-electron chi connectivity index (χ1n) is 5.62. The number of aromatic nitrogens is 1. The summed E-state index contributed by atoms with van der Waals surface area (Å²) in [6.45, 7) is 3.69. The third-order valence-corrected chi connectivity index (χ3v) is 2.64. The molecule has 0 radical (unpaired) electrons. The Morgan fingerprint density at radius 3 is 2.74 bits per heavy atom. The summed E-state index contributed by atoms with van der Waals surface area (Å²) in [6, 6.07) is 6.57. The molecule has 1 N–H and O–H groups in total. The minimum Gasteiger partial charge on any atom is -0.478 e. The van der Waals surface area contributed by atoms with Crippen LogP contribution < -0.4 is 4.74 Å². The summed E-state index contributed by atoms with van der Waals surface area (Å²) in [6.07, 6.45) is 1.20. The van der Waals surface area contributed by atoms with Crippen molar-refractivity contribution in [2.24, 2.45) is 0 Å². The monoisotopic (exact) mass is 261 g/mol. The average Bonchev–Trinajstić information content (AvgIpc) is 2.36. The second-order valence-corrected chi connectivity index (χ2v) is 4.15. The molecule has 2 aromatic rings. The average molecular weight is 261 g/mol. The summed E-state index contributed by atoms with van der Waals surface area (Å²) in [4.78, 5) is 14.6. The molecule has 0 saturated carbocycles. The number of hydrogen-bond acceptors (Lipinski definition) is 3. The highest BCUT2D eigenvalue weighted by Gasteiger charge is 2.17. The standard InChI is InChI=1S/C14H12FNO3/c1-8-3-4-9(2)11(7-8)19-13-12(15)10(14(17)18)5-6-16-13/h3-7H,1-2H3,(H,17,18). The number of halogens is 1. The Hall–Kier alpha value is -2.43. The van der Waals surface area contributed by atoms with Crippen LogP contribution in [0.5, 0.6) is 11.6 Å². The van der Waals surface area contributed by atoms with Crippen molar-refractivity contribution in [2.75, 3.05) is 0 Å². The van der Waals surface area contributed by atoms with Gasteiger partial charge in [0.25, 0.3) is 5.88 Å². The normalized spacial score (nSPS) is 10.3. The van der Waals surface area contributed by atoms with Crippen molar-refractivity contribution in [3.05, 3.63) is 53.0 Å². The van der Waals surface area contributed by atoms with Crippen LogP contribution >= 0.6 is 0 Å². The molecule has 0 amide bonds. The fourth-order valence-corrected chi connectivity index (χ4v) is 1.58. The number of carboxylic acid groups (broad SMARTS) is 1. The van der Waals surface area contributed by atoms with Gasteiger partial charge in [0.15, 0.2) is 5.82 Å². The lowest BCUT2D eigenvalue weighted by atomic mass is 10.1. The van der Waals surface area contributed by atoms with Gasteiger partial charge in [0.1, 0.15) is 11.3 Å². The highest BCUT2D eigenvalue weighted by atomic mass is 19.1. The van der Waals surface area contributed by atoms with Gasteiger partial charge in [0.05, 0.1) is 0 Å². The Morgan fingerprint density at radius 1 is 1.32 bits per heavy atom. The number of aromatic carboxylic acids is 1. The van der Waals surface area contributed by atoms with Crippen molar-refractivity contribution >= 4 is 5.97 Å². The summed E-state index contributed by atoms with van der Waals surface area (Å²) in [5, 5.41) is 8.83. The second-order valence-electron chi connectivity index (χ2n) is 4.15. The molecule has 0 atom stereocenters. The largest absolute Gasteiger partial charge is 0.478 e. The van der Waals surface area contributed by atoms with Gasteiger partial charge in [-0.25, -0.2) is 14.2 Å². The molecule has 1 heterocycles. The van der Waals surface area contributed by atoms with Crippen molar-refractivity contribution in [2.45, 2.75) is 13.8 Å². The predicted octanol–water partition coefficient (Wildman–Crippen LogP) is 3.33. The maximum absolute atomic E-state index is 13.9. The molecule has 0 unspecified atom stereocenters. The maximum Gasteiger partial charge on any atom is 0.338 e. The van der Waals surface area contributed by atoms with E-state index >= 15 is 0 Å². The second kappa shape index (κ2) is 5.06. The minimum absolute atomic E-state index is 0.339. The number of aryl methyl sites for hydroxylation is 2. The van der Waals surface area contributed by atoms with Gasteiger partial charge >= 0.3 is 5.97 Å². The van der Waals surface area contributed by atoms with Crippen LogP contribution in [0.3, 0.4) is 0 Å². The Balaban J connectivity index is 2.41. The van der Waals surface area contributed by atoms with Crippen LogP contribution in [0.25, 0.3) is 0 Å². The topological polar surface area (TPSA) is 59.4 Å². The fraction of sp³-hybridized carbons (Fsp3) is 0.143. The molecule has 0 bridgehead atoms. The molecular weight excluding hydrogens is 249 g/mol. The quantitative estimate of drug-likeness (QED) is 0.920. The zero-order chi connectivity index (χ0) is 14.0. The molecule has 0 aliphatic heterocycles. The Labute approximate surface area is 109 Å². The summed E-state index contributed by atoms with van der Waals surface area (Å²) >= 11 is 0. The molecule has 0 aliphatic rings. The van der Waals surface area contributed by atoms with Crippen LogP contribution in [-0.4, -0.2) is 16.1 Å². The highest BCUT2D eigenvalue weighted by Crippen LogP contribution is 2.27. The van der Waals surface area contributed by atoms with Crippen LogP contribution in [0.2, 0.25) is 0 Å². The van der Waals surface area contributed by atoms with Crippen LogP contribution in [-0.2, 0) is 0 Å². The summed E-state index contributed by atoms with van der Waals surface area (Å²) in [5.74, 6) is -2.22. The number of carbonyl (C=O) groups is 1. The lowest BCUT2D eigenvalue weighted by Gasteiger charge is -2.10.